The van der Waals surface area contributed by atoms with Crippen molar-refractivity contribution < 1.29 is 14.5 Å². The highest BCUT2D eigenvalue weighted by Crippen LogP contribution is 2.28. The van der Waals surface area contributed by atoms with Crippen molar-refractivity contribution in [3.63, 3.8) is 0 Å². The lowest BCUT2D eigenvalue weighted by Gasteiger charge is -2.10. The quantitative estimate of drug-likeness (QED) is 0.330. The fourth-order valence-corrected chi connectivity index (χ4v) is 1.50. The van der Waals surface area contributed by atoms with Crippen LogP contribution in [0.4, 0.5) is 5.69 Å². The normalized spacial score (nSPS) is 9.96. The zero-order valence-corrected chi connectivity index (χ0v) is 13.7. The summed E-state index contributed by atoms with van der Waals surface area (Å²) in [4.78, 5) is 22.3. The molecule has 0 unspecified atom stereocenters. The van der Waals surface area contributed by atoms with Gasteiger partial charge in [-0.15, -0.1) is 0 Å². The number of carbonyl (C=O) groups excluding carboxylic acids is 1. The molecule has 0 bridgehead atoms. The van der Waals surface area contributed by atoms with Gasteiger partial charge < -0.3 is 15.6 Å². The summed E-state index contributed by atoms with van der Waals surface area (Å²) < 4.78 is 5.34. The Hall–Kier alpha value is -2.77. The number of nitrogens with one attached hydrogen (secondary N) is 2. The molecule has 1 rings (SSSR count). The van der Waals surface area contributed by atoms with Crippen LogP contribution in [0.2, 0.25) is 0 Å². The zero-order chi connectivity index (χ0) is 17.8. The fraction of sp³-hybridized carbons (Fsp3) is 0.400. The highest BCUT2D eigenvalue weighted by Gasteiger charge is 2.19. The van der Waals surface area contributed by atoms with E-state index in [0.717, 1.165) is 6.21 Å². The average molecular weight is 322 g/mol. The first-order chi connectivity index (χ1) is 11.0. The molecular weight excluding hydrogens is 300 g/mol. The molecule has 1 aromatic carbocycles. The number of hydrogen-bond donors (Lipinski definition) is 2. The molecule has 0 aromatic heterocycles. The number of nitrogens with zero attached hydrogens (tertiary/aromatic N) is 2. The van der Waals surface area contributed by atoms with E-state index >= 15 is 0 Å². The van der Waals surface area contributed by atoms with Crippen LogP contribution >= 0.6 is 0 Å². The molecule has 0 saturated heterocycles. The van der Waals surface area contributed by atoms with Gasteiger partial charge in [0, 0.05) is 17.8 Å². The number of Topliss-reactive ketones (excluding diaryl/α,β-unsaturated/α-hetero) is 1. The summed E-state index contributed by atoms with van der Waals surface area (Å²) in [5.74, 6) is -0.224. The van der Waals surface area contributed by atoms with E-state index in [-0.39, 0.29) is 35.4 Å². The summed E-state index contributed by atoms with van der Waals surface area (Å²) >= 11 is 0. The number of rotatable bonds is 8. The SMILES string of the molecule is CC.CC(C)Oc1ccc(C(=O)CN/N=C\C=N)cc1[N+](=O)[O-]. The van der Waals surface area contributed by atoms with Crippen molar-refractivity contribution in [1.82, 2.24) is 5.43 Å². The largest absolute Gasteiger partial charge is 0.484 e. The Morgan fingerprint density at radius 1 is 1.48 bits per heavy atom. The minimum absolute atomic E-state index is 0.119. The van der Waals surface area contributed by atoms with Crippen molar-refractivity contribution in [1.29, 1.82) is 5.41 Å². The van der Waals surface area contributed by atoms with Crippen LogP contribution in [0, 0.1) is 15.5 Å². The van der Waals surface area contributed by atoms with Gasteiger partial charge in [-0.3, -0.25) is 14.9 Å². The smallest absolute Gasteiger partial charge is 0.311 e. The second kappa shape index (κ2) is 10.9. The average Bonchev–Trinajstić information content (AvgIpc) is 2.53. The monoisotopic (exact) mass is 322 g/mol. The summed E-state index contributed by atoms with van der Waals surface area (Å²) in [6.07, 6.45) is 1.93. The van der Waals surface area contributed by atoms with E-state index in [4.69, 9.17) is 10.1 Å². The molecule has 0 aliphatic carbocycles. The van der Waals surface area contributed by atoms with Crippen molar-refractivity contribution >= 4 is 23.9 Å². The van der Waals surface area contributed by atoms with E-state index in [9.17, 15) is 14.9 Å². The molecule has 0 amide bonds. The van der Waals surface area contributed by atoms with E-state index in [1.54, 1.807) is 13.8 Å². The minimum Gasteiger partial charge on any atom is -0.484 e. The van der Waals surface area contributed by atoms with Crippen LogP contribution in [0.15, 0.2) is 23.3 Å². The number of hydrogen-bond acceptors (Lipinski definition) is 7. The first-order valence-corrected chi connectivity index (χ1v) is 7.19. The highest BCUT2D eigenvalue weighted by atomic mass is 16.6. The Kier molecular flexibility index (Phi) is 9.57. The number of carbonyl (C=O) groups is 1. The zero-order valence-electron chi connectivity index (χ0n) is 13.7. The first-order valence-electron chi connectivity index (χ1n) is 7.19. The third kappa shape index (κ3) is 7.16. The van der Waals surface area contributed by atoms with Gasteiger partial charge in [0.05, 0.1) is 23.8 Å². The molecule has 0 heterocycles. The number of nitro benzene ring substituents is 1. The van der Waals surface area contributed by atoms with Gasteiger partial charge in [0.1, 0.15) is 0 Å². The number of ether oxygens (including phenoxy) is 1. The van der Waals surface area contributed by atoms with Gasteiger partial charge in [-0.1, -0.05) is 13.8 Å². The molecular formula is C15H22N4O4. The van der Waals surface area contributed by atoms with Crippen LogP contribution in [0.1, 0.15) is 38.1 Å². The van der Waals surface area contributed by atoms with E-state index in [2.05, 4.69) is 10.5 Å². The summed E-state index contributed by atoms with van der Waals surface area (Å²) in [5.41, 5.74) is 2.39. The van der Waals surface area contributed by atoms with Crippen LogP contribution in [0.25, 0.3) is 0 Å². The molecule has 1 aromatic rings. The van der Waals surface area contributed by atoms with Gasteiger partial charge in [-0.25, -0.2) is 0 Å². The first kappa shape index (κ1) is 20.2. The number of hydrazone groups is 1. The lowest BCUT2D eigenvalue weighted by atomic mass is 10.1. The standard InChI is InChI=1S/C13H16N4O4.C2H6/c1-9(2)21-13-4-3-10(7-11(13)17(19)20)12(18)8-16-15-6-5-14;1-2/h3-7,9,14,16H,8H2,1-2H3;1-2H3/b14-5?,15-6-;. The second-order valence-corrected chi connectivity index (χ2v) is 4.31. The maximum absolute atomic E-state index is 11.9. The molecule has 126 valence electrons. The van der Waals surface area contributed by atoms with E-state index in [1.165, 1.54) is 24.4 Å². The number of benzene rings is 1. The van der Waals surface area contributed by atoms with Crippen LogP contribution in [-0.4, -0.2) is 35.8 Å². The molecule has 23 heavy (non-hydrogen) atoms. The molecule has 0 fully saturated rings. The van der Waals surface area contributed by atoms with Crippen molar-refractivity contribution in [2.24, 2.45) is 5.10 Å². The Morgan fingerprint density at radius 2 is 2.13 bits per heavy atom. The predicted octanol–water partition coefficient (Wildman–Crippen LogP) is 2.82. The summed E-state index contributed by atoms with van der Waals surface area (Å²) in [6.45, 7) is 7.40. The molecule has 0 spiro atoms. The van der Waals surface area contributed by atoms with Gasteiger partial charge in [-0.2, -0.15) is 5.10 Å². The Morgan fingerprint density at radius 3 is 2.65 bits per heavy atom. The third-order valence-corrected chi connectivity index (χ3v) is 2.32. The lowest BCUT2D eigenvalue weighted by molar-refractivity contribution is -0.386. The van der Waals surface area contributed by atoms with Gasteiger partial charge >= 0.3 is 5.69 Å². The van der Waals surface area contributed by atoms with E-state index < -0.39 is 4.92 Å². The number of nitro groups is 1. The summed E-state index contributed by atoms with van der Waals surface area (Å²) in [5, 5.41) is 21.3. The Balaban J connectivity index is 0.00000232. The predicted molar refractivity (Wildman–Crippen MR) is 89.8 cm³/mol. The minimum atomic E-state index is -0.588. The number of ketones is 1. The molecule has 8 nitrogen and oxygen atoms in total. The van der Waals surface area contributed by atoms with E-state index in [0.29, 0.717) is 0 Å². The van der Waals surface area contributed by atoms with Crippen molar-refractivity contribution in [2.75, 3.05) is 6.54 Å². The molecule has 2 N–H and O–H groups in total. The van der Waals surface area contributed by atoms with Gasteiger partial charge in [0.15, 0.2) is 11.5 Å². The Bertz CT molecular complexity index is 571. The molecule has 8 heteroatoms. The van der Waals surface area contributed by atoms with E-state index in [1.807, 2.05) is 13.8 Å². The summed E-state index contributed by atoms with van der Waals surface area (Å²) in [7, 11) is 0. The Labute approximate surface area is 135 Å². The molecule has 0 aliphatic heterocycles. The summed E-state index contributed by atoms with van der Waals surface area (Å²) in [6, 6.07) is 4.06. The molecule has 0 aliphatic rings. The second-order valence-electron chi connectivity index (χ2n) is 4.31. The highest BCUT2D eigenvalue weighted by molar-refractivity contribution is 6.14. The van der Waals surface area contributed by atoms with Gasteiger partial charge in [0.2, 0.25) is 0 Å². The van der Waals surface area contributed by atoms with Crippen LogP contribution in [0.5, 0.6) is 5.75 Å². The maximum Gasteiger partial charge on any atom is 0.311 e. The lowest BCUT2D eigenvalue weighted by Crippen LogP contribution is -2.18. The van der Waals surface area contributed by atoms with Crippen molar-refractivity contribution in [3.05, 3.63) is 33.9 Å². The van der Waals surface area contributed by atoms with Crippen molar-refractivity contribution in [3.8, 4) is 5.75 Å². The molecule has 0 radical (unpaired) electrons. The van der Waals surface area contributed by atoms with Crippen LogP contribution in [-0.2, 0) is 0 Å². The van der Waals surface area contributed by atoms with Gasteiger partial charge in [-0.05, 0) is 26.0 Å². The van der Waals surface area contributed by atoms with Crippen LogP contribution < -0.4 is 10.2 Å². The maximum atomic E-state index is 11.9. The third-order valence-electron chi connectivity index (χ3n) is 2.32. The molecule has 0 saturated carbocycles. The van der Waals surface area contributed by atoms with Crippen molar-refractivity contribution in [2.45, 2.75) is 33.8 Å². The van der Waals surface area contributed by atoms with Gasteiger partial charge in [0.25, 0.3) is 0 Å². The van der Waals surface area contributed by atoms with Crippen LogP contribution in [0.3, 0.4) is 0 Å². The topological polar surface area (TPSA) is 118 Å². The fourth-order valence-electron chi connectivity index (χ4n) is 1.50. The molecule has 0 atom stereocenters.